The Hall–Kier alpha value is -3.68. The molecule has 5 rings (SSSR count). The highest BCUT2D eigenvalue weighted by molar-refractivity contribution is 6.33. The predicted octanol–water partition coefficient (Wildman–Crippen LogP) is 6.54. The molecule has 0 saturated carbocycles. The molecule has 2 heterocycles. The largest absolute Gasteiger partial charge is 0.481 e. The molecular weight excluding hydrogens is 478 g/mol. The molecule has 1 fully saturated rings. The number of rotatable bonds is 8. The fourth-order valence-corrected chi connectivity index (χ4v) is 4.72. The number of benzene rings is 3. The smallest absolute Gasteiger partial charge is 0.303 e. The van der Waals surface area contributed by atoms with E-state index in [1.54, 1.807) is 0 Å². The average Bonchev–Trinajstić information content (AvgIpc) is 3.36. The maximum absolute atomic E-state index is 10.9. The molecule has 184 valence electrons. The second-order valence-electron chi connectivity index (χ2n) is 8.99. The van der Waals surface area contributed by atoms with E-state index in [0.717, 1.165) is 55.1 Å². The van der Waals surface area contributed by atoms with Crippen LogP contribution in [0, 0.1) is 5.92 Å². The Kier molecular flexibility index (Phi) is 7.30. The van der Waals surface area contributed by atoms with E-state index in [0.29, 0.717) is 22.3 Å². The fraction of sp³-hybridized carbons (Fsp3) is 0.250. The summed E-state index contributed by atoms with van der Waals surface area (Å²) in [5, 5.41) is 13.7. The molecule has 0 atom stereocenters. The number of hydrogen-bond donors (Lipinski definition) is 1. The van der Waals surface area contributed by atoms with Crippen molar-refractivity contribution in [2.75, 3.05) is 13.1 Å². The van der Waals surface area contributed by atoms with Gasteiger partial charge >= 0.3 is 5.97 Å². The van der Waals surface area contributed by atoms with Crippen LogP contribution in [0.5, 0.6) is 11.5 Å². The van der Waals surface area contributed by atoms with Gasteiger partial charge in [0.05, 0.1) is 5.02 Å². The monoisotopic (exact) mass is 503 g/mol. The molecule has 1 aromatic heterocycles. The highest BCUT2D eigenvalue weighted by Gasteiger charge is 2.22. The number of nitrogens with zero attached hydrogens (tertiary/aromatic N) is 3. The lowest BCUT2D eigenvalue weighted by Gasteiger charge is -2.31. The average molecular weight is 504 g/mol. The number of aliphatic carboxylic acids is 1. The van der Waals surface area contributed by atoms with Gasteiger partial charge in [-0.25, -0.2) is 0 Å². The van der Waals surface area contributed by atoms with Crippen LogP contribution < -0.4 is 4.74 Å². The van der Waals surface area contributed by atoms with E-state index in [-0.39, 0.29) is 12.3 Å². The van der Waals surface area contributed by atoms with Gasteiger partial charge in [-0.1, -0.05) is 41.0 Å². The van der Waals surface area contributed by atoms with Crippen molar-refractivity contribution < 1.29 is 19.2 Å². The number of carboxylic acid groups (broad SMARTS) is 1. The Labute approximate surface area is 214 Å². The van der Waals surface area contributed by atoms with Gasteiger partial charge in [-0.15, -0.1) is 0 Å². The van der Waals surface area contributed by atoms with Gasteiger partial charge in [0.2, 0.25) is 5.82 Å². The number of para-hydroxylation sites is 1. The Bertz CT molecular complexity index is 1320. The third-order valence-electron chi connectivity index (χ3n) is 6.36. The maximum Gasteiger partial charge on any atom is 0.303 e. The summed E-state index contributed by atoms with van der Waals surface area (Å²) >= 11 is 6.59. The number of piperidine rings is 1. The summed E-state index contributed by atoms with van der Waals surface area (Å²) in [5.41, 5.74) is 2.59. The van der Waals surface area contributed by atoms with E-state index < -0.39 is 5.97 Å². The van der Waals surface area contributed by atoms with Crippen LogP contribution in [0.1, 0.15) is 24.8 Å². The molecule has 36 heavy (non-hydrogen) atoms. The second kappa shape index (κ2) is 10.9. The second-order valence-corrected chi connectivity index (χ2v) is 9.40. The van der Waals surface area contributed by atoms with Gasteiger partial charge < -0.3 is 14.4 Å². The molecule has 0 unspecified atom stereocenters. The Morgan fingerprint density at radius 3 is 2.44 bits per heavy atom. The molecule has 8 heteroatoms. The first kappa shape index (κ1) is 24.0. The lowest BCUT2D eigenvalue weighted by molar-refractivity contribution is -0.138. The van der Waals surface area contributed by atoms with Crippen molar-refractivity contribution in [2.24, 2.45) is 5.92 Å². The van der Waals surface area contributed by atoms with Crippen molar-refractivity contribution in [1.82, 2.24) is 15.0 Å². The van der Waals surface area contributed by atoms with E-state index in [2.05, 4.69) is 15.0 Å². The molecule has 0 spiro atoms. The summed E-state index contributed by atoms with van der Waals surface area (Å²) in [7, 11) is 0. The van der Waals surface area contributed by atoms with Crippen LogP contribution in [0.25, 0.3) is 22.8 Å². The van der Waals surface area contributed by atoms with E-state index in [1.165, 1.54) is 0 Å². The van der Waals surface area contributed by atoms with Gasteiger partial charge in [-0.05, 0) is 85.9 Å². The molecule has 7 nitrogen and oxygen atoms in total. The van der Waals surface area contributed by atoms with Crippen LogP contribution in [-0.4, -0.2) is 39.2 Å². The number of likely N-dealkylation sites (tertiary alicyclic amines) is 1. The summed E-state index contributed by atoms with van der Waals surface area (Å²) < 4.78 is 11.3. The molecule has 1 aliphatic rings. The highest BCUT2D eigenvalue weighted by atomic mass is 35.5. The van der Waals surface area contributed by atoms with Gasteiger partial charge in [0.15, 0.2) is 0 Å². The van der Waals surface area contributed by atoms with Crippen molar-refractivity contribution in [3.05, 3.63) is 83.4 Å². The van der Waals surface area contributed by atoms with E-state index in [4.69, 9.17) is 26.0 Å². The first-order valence-corrected chi connectivity index (χ1v) is 12.3. The minimum atomic E-state index is -0.713. The van der Waals surface area contributed by atoms with Crippen molar-refractivity contribution in [1.29, 1.82) is 0 Å². The Morgan fingerprint density at radius 2 is 1.75 bits per heavy atom. The SMILES string of the molecule is O=C(O)CC1CCN(Cc2ccc(-c3noc(-c4ccc(Oc5ccccc5)cc4)n3)c(Cl)c2)CC1. The van der Waals surface area contributed by atoms with Crippen LogP contribution in [0.15, 0.2) is 77.3 Å². The molecule has 1 N–H and O–H groups in total. The number of carboxylic acids is 1. The highest BCUT2D eigenvalue weighted by Crippen LogP contribution is 2.31. The van der Waals surface area contributed by atoms with Crippen LogP contribution in [0.3, 0.4) is 0 Å². The van der Waals surface area contributed by atoms with Crippen LogP contribution in [-0.2, 0) is 11.3 Å². The number of halogens is 1. The molecule has 1 saturated heterocycles. The van der Waals surface area contributed by atoms with Gasteiger partial charge in [0.25, 0.3) is 5.89 Å². The molecular formula is C28H26ClN3O4. The van der Waals surface area contributed by atoms with Gasteiger partial charge in [-0.2, -0.15) is 4.98 Å². The van der Waals surface area contributed by atoms with Crippen LogP contribution in [0.2, 0.25) is 5.02 Å². The maximum atomic E-state index is 10.9. The lowest BCUT2D eigenvalue weighted by Crippen LogP contribution is -2.33. The zero-order valence-electron chi connectivity index (χ0n) is 19.6. The number of hydrogen-bond acceptors (Lipinski definition) is 6. The van der Waals surface area contributed by atoms with Crippen LogP contribution in [0.4, 0.5) is 0 Å². The van der Waals surface area contributed by atoms with Crippen molar-refractivity contribution >= 4 is 17.6 Å². The molecule has 0 bridgehead atoms. The zero-order valence-corrected chi connectivity index (χ0v) is 20.4. The summed E-state index contributed by atoms with van der Waals surface area (Å²) in [6.45, 7) is 2.55. The minimum Gasteiger partial charge on any atom is -0.481 e. The van der Waals surface area contributed by atoms with E-state index >= 15 is 0 Å². The van der Waals surface area contributed by atoms with E-state index in [1.807, 2.05) is 72.8 Å². The van der Waals surface area contributed by atoms with Gasteiger partial charge in [-0.3, -0.25) is 9.69 Å². The van der Waals surface area contributed by atoms with Gasteiger partial charge in [0, 0.05) is 24.1 Å². The van der Waals surface area contributed by atoms with E-state index in [9.17, 15) is 4.79 Å². The third-order valence-corrected chi connectivity index (χ3v) is 6.67. The van der Waals surface area contributed by atoms with Crippen LogP contribution >= 0.6 is 11.6 Å². The van der Waals surface area contributed by atoms with Crippen molar-refractivity contribution in [3.8, 4) is 34.3 Å². The molecule has 1 aliphatic heterocycles. The molecule has 0 amide bonds. The number of ether oxygens (including phenoxy) is 1. The zero-order chi connectivity index (χ0) is 24.9. The van der Waals surface area contributed by atoms with Crippen molar-refractivity contribution in [2.45, 2.75) is 25.8 Å². The first-order valence-electron chi connectivity index (χ1n) is 11.9. The lowest BCUT2D eigenvalue weighted by atomic mass is 9.93. The fourth-order valence-electron chi connectivity index (χ4n) is 4.43. The molecule has 0 aliphatic carbocycles. The molecule has 3 aromatic carbocycles. The normalized spacial score (nSPS) is 14.6. The summed E-state index contributed by atoms with van der Waals surface area (Å²) in [5.74, 6) is 1.88. The number of aromatic nitrogens is 2. The summed E-state index contributed by atoms with van der Waals surface area (Å²) in [4.78, 5) is 17.8. The van der Waals surface area contributed by atoms with Gasteiger partial charge in [0.1, 0.15) is 11.5 Å². The topological polar surface area (TPSA) is 88.7 Å². The minimum absolute atomic E-state index is 0.257. The third kappa shape index (κ3) is 5.93. The quantitative estimate of drug-likeness (QED) is 0.292. The summed E-state index contributed by atoms with van der Waals surface area (Å²) in [6.07, 6.45) is 2.07. The predicted molar refractivity (Wildman–Crippen MR) is 137 cm³/mol. The Balaban J connectivity index is 1.22. The first-order chi connectivity index (χ1) is 17.5. The summed E-state index contributed by atoms with van der Waals surface area (Å²) in [6, 6.07) is 22.9. The Morgan fingerprint density at radius 1 is 1.03 bits per heavy atom. The molecule has 4 aromatic rings. The standard InChI is InChI=1S/C28H26ClN3O4/c29-25-16-20(18-32-14-12-19(13-15-32)17-26(33)34)6-11-24(25)27-30-28(36-31-27)21-7-9-23(10-8-21)35-22-4-2-1-3-5-22/h1-11,16,19H,12-15,17-18H2,(H,33,34). The van der Waals surface area contributed by atoms with Crippen molar-refractivity contribution in [3.63, 3.8) is 0 Å². The number of carbonyl (C=O) groups is 1. The molecule has 0 radical (unpaired) electrons.